The molecule has 0 bridgehead atoms. The molecule has 1 aliphatic carbocycles. The molecule has 1 aromatic heterocycles. The first-order valence-corrected chi connectivity index (χ1v) is 6.65. The molecule has 0 fully saturated rings. The van der Waals surface area contributed by atoms with Crippen LogP contribution in [0, 0.1) is 6.92 Å². The molecular weight excluding hydrogens is 224 g/mol. The maximum Gasteiger partial charge on any atom is 0.192 e. The molecule has 0 amide bonds. The SMILES string of the molecule is Cc1ccc2c(c1)c(=O)c1c3n2CCN[C@H]3CC1. The number of hydrogen-bond acceptors (Lipinski definition) is 2. The van der Waals surface area contributed by atoms with Gasteiger partial charge in [-0.25, -0.2) is 0 Å². The monoisotopic (exact) mass is 240 g/mol. The molecule has 0 radical (unpaired) electrons. The van der Waals surface area contributed by atoms with Crippen LogP contribution in [0.25, 0.3) is 10.9 Å². The summed E-state index contributed by atoms with van der Waals surface area (Å²) in [4.78, 5) is 12.6. The molecule has 4 rings (SSSR count). The molecule has 2 aromatic rings. The van der Waals surface area contributed by atoms with Gasteiger partial charge in [-0.2, -0.15) is 0 Å². The third-order valence-electron chi connectivity index (χ3n) is 4.30. The van der Waals surface area contributed by atoms with Crippen LogP contribution in [0.5, 0.6) is 0 Å². The first-order chi connectivity index (χ1) is 8.75. The minimum atomic E-state index is 0.256. The van der Waals surface area contributed by atoms with Crippen LogP contribution < -0.4 is 10.7 Å². The largest absolute Gasteiger partial charge is 0.341 e. The third kappa shape index (κ3) is 1.20. The van der Waals surface area contributed by atoms with Crippen molar-refractivity contribution < 1.29 is 0 Å². The normalized spacial score (nSPS) is 21.3. The van der Waals surface area contributed by atoms with Crippen molar-refractivity contribution in [2.45, 2.75) is 32.4 Å². The Hall–Kier alpha value is -1.61. The van der Waals surface area contributed by atoms with Crippen LogP contribution in [0.4, 0.5) is 0 Å². The van der Waals surface area contributed by atoms with Gasteiger partial charge in [0, 0.05) is 35.8 Å². The van der Waals surface area contributed by atoms with Gasteiger partial charge in [0.1, 0.15) is 0 Å². The number of aromatic nitrogens is 1. The summed E-state index contributed by atoms with van der Waals surface area (Å²) in [5.74, 6) is 0. The number of nitrogens with zero attached hydrogens (tertiary/aromatic N) is 1. The lowest BCUT2D eigenvalue weighted by Crippen LogP contribution is -2.34. The first-order valence-electron chi connectivity index (χ1n) is 6.65. The molecule has 1 aliphatic heterocycles. The van der Waals surface area contributed by atoms with Gasteiger partial charge in [-0.15, -0.1) is 0 Å². The van der Waals surface area contributed by atoms with Crippen LogP contribution >= 0.6 is 0 Å². The van der Waals surface area contributed by atoms with E-state index in [9.17, 15) is 4.79 Å². The summed E-state index contributed by atoms with van der Waals surface area (Å²) in [5, 5.41) is 4.42. The number of hydrogen-bond donors (Lipinski definition) is 1. The summed E-state index contributed by atoms with van der Waals surface area (Å²) < 4.78 is 2.36. The molecule has 0 saturated heterocycles. The smallest absolute Gasteiger partial charge is 0.192 e. The fourth-order valence-corrected chi connectivity index (χ4v) is 3.49. The Morgan fingerprint density at radius 1 is 1.39 bits per heavy atom. The highest BCUT2D eigenvalue weighted by molar-refractivity contribution is 5.81. The minimum Gasteiger partial charge on any atom is -0.341 e. The van der Waals surface area contributed by atoms with Crippen molar-refractivity contribution >= 4 is 10.9 Å². The summed E-state index contributed by atoms with van der Waals surface area (Å²) in [5.41, 5.74) is 4.83. The van der Waals surface area contributed by atoms with Gasteiger partial charge in [0.25, 0.3) is 0 Å². The Morgan fingerprint density at radius 3 is 3.17 bits per heavy atom. The summed E-state index contributed by atoms with van der Waals surface area (Å²) in [6.45, 7) is 4.02. The van der Waals surface area contributed by atoms with E-state index < -0.39 is 0 Å². The average molecular weight is 240 g/mol. The third-order valence-corrected chi connectivity index (χ3v) is 4.30. The topological polar surface area (TPSA) is 34.0 Å². The zero-order valence-electron chi connectivity index (χ0n) is 10.5. The van der Waals surface area contributed by atoms with E-state index in [2.05, 4.69) is 22.0 Å². The Kier molecular flexibility index (Phi) is 1.98. The summed E-state index contributed by atoms with van der Waals surface area (Å²) in [7, 11) is 0. The summed E-state index contributed by atoms with van der Waals surface area (Å²) >= 11 is 0. The maximum atomic E-state index is 12.6. The van der Waals surface area contributed by atoms with Gasteiger partial charge >= 0.3 is 0 Å². The molecule has 3 heteroatoms. The van der Waals surface area contributed by atoms with E-state index in [1.807, 2.05) is 13.0 Å². The molecule has 18 heavy (non-hydrogen) atoms. The van der Waals surface area contributed by atoms with Gasteiger partial charge in [-0.3, -0.25) is 4.79 Å². The van der Waals surface area contributed by atoms with Crippen LogP contribution in [-0.4, -0.2) is 11.1 Å². The van der Waals surface area contributed by atoms with Crippen molar-refractivity contribution in [1.29, 1.82) is 0 Å². The molecule has 92 valence electrons. The lowest BCUT2D eigenvalue weighted by Gasteiger charge is -2.27. The van der Waals surface area contributed by atoms with E-state index in [-0.39, 0.29) is 5.43 Å². The van der Waals surface area contributed by atoms with E-state index in [0.29, 0.717) is 6.04 Å². The van der Waals surface area contributed by atoms with Crippen molar-refractivity contribution in [3.05, 3.63) is 45.2 Å². The van der Waals surface area contributed by atoms with E-state index in [0.717, 1.165) is 48.0 Å². The van der Waals surface area contributed by atoms with Gasteiger partial charge in [0.15, 0.2) is 5.43 Å². The highest BCUT2D eigenvalue weighted by atomic mass is 16.1. The molecular formula is C15H16N2O. The second-order valence-electron chi connectivity index (χ2n) is 5.41. The van der Waals surface area contributed by atoms with Gasteiger partial charge < -0.3 is 9.88 Å². The van der Waals surface area contributed by atoms with E-state index >= 15 is 0 Å². The van der Waals surface area contributed by atoms with Crippen molar-refractivity contribution in [3.63, 3.8) is 0 Å². The van der Waals surface area contributed by atoms with Crippen LogP contribution in [0.3, 0.4) is 0 Å². The van der Waals surface area contributed by atoms with Gasteiger partial charge in [0.2, 0.25) is 0 Å². The fraction of sp³-hybridized carbons (Fsp3) is 0.400. The Morgan fingerprint density at radius 2 is 2.28 bits per heavy atom. The molecule has 0 unspecified atom stereocenters. The number of rotatable bonds is 0. The number of benzene rings is 1. The number of nitrogens with one attached hydrogen (secondary N) is 1. The highest BCUT2D eigenvalue weighted by Crippen LogP contribution is 2.33. The second-order valence-corrected chi connectivity index (χ2v) is 5.41. The molecule has 1 atom stereocenters. The maximum absolute atomic E-state index is 12.6. The molecule has 2 aliphatic rings. The van der Waals surface area contributed by atoms with Crippen molar-refractivity contribution in [2.24, 2.45) is 0 Å². The summed E-state index contributed by atoms with van der Waals surface area (Å²) in [6.07, 6.45) is 2.00. The summed E-state index contributed by atoms with van der Waals surface area (Å²) in [6, 6.07) is 6.64. The Labute approximate surface area is 105 Å². The lowest BCUT2D eigenvalue weighted by atomic mass is 10.0. The number of fused-ring (bicyclic) bond motifs is 2. The van der Waals surface area contributed by atoms with Gasteiger partial charge in [-0.05, 0) is 31.9 Å². The van der Waals surface area contributed by atoms with E-state index in [1.165, 1.54) is 5.69 Å². The molecule has 3 nitrogen and oxygen atoms in total. The Balaban J connectivity index is 2.20. The molecule has 0 spiro atoms. The van der Waals surface area contributed by atoms with Gasteiger partial charge in [-0.1, -0.05) is 11.6 Å². The molecule has 0 saturated carbocycles. The van der Waals surface area contributed by atoms with Crippen molar-refractivity contribution in [1.82, 2.24) is 9.88 Å². The van der Waals surface area contributed by atoms with Crippen molar-refractivity contribution in [3.8, 4) is 0 Å². The Bertz CT molecular complexity index is 714. The van der Waals surface area contributed by atoms with Crippen LogP contribution in [0.2, 0.25) is 0 Å². The van der Waals surface area contributed by atoms with Gasteiger partial charge in [0.05, 0.1) is 5.52 Å². The lowest BCUT2D eigenvalue weighted by molar-refractivity contribution is 0.434. The van der Waals surface area contributed by atoms with Crippen molar-refractivity contribution in [2.75, 3.05) is 6.54 Å². The number of aryl methyl sites for hydroxylation is 1. The molecule has 1 N–H and O–H groups in total. The zero-order valence-corrected chi connectivity index (χ0v) is 10.5. The minimum absolute atomic E-state index is 0.256. The van der Waals surface area contributed by atoms with E-state index in [1.54, 1.807) is 0 Å². The molecule has 2 heterocycles. The fourth-order valence-electron chi connectivity index (χ4n) is 3.49. The predicted octanol–water partition coefficient (Wildman–Crippen LogP) is 1.90. The van der Waals surface area contributed by atoms with E-state index in [4.69, 9.17) is 0 Å². The predicted molar refractivity (Wildman–Crippen MR) is 72.0 cm³/mol. The van der Waals surface area contributed by atoms with Crippen LogP contribution in [-0.2, 0) is 13.0 Å². The first kappa shape index (κ1) is 10.3. The quantitative estimate of drug-likeness (QED) is 0.763. The second kappa shape index (κ2) is 3.45. The van der Waals surface area contributed by atoms with Crippen LogP contribution in [0.15, 0.2) is 23.0 Å². The molecule has 1 aromatic carbocycles. The number of pyridine rings is 1. The van der Waals surface area contributed by atoms with Crippen LogP contribution in [0.1, 0.15) is 29.3 Å². The highest BCUT2D eigenvalue weighted by Gasteiger charge is 2.31. The standard InChI is InChI=1S/C15H16N2O/c1-9-2-5-13-11(8-9)15(18)10-3-4-12-14(10)17(13)7-6-16-12/h2,5,8,12,16H,3-4,6-7H2,1H3/t12-/m0/s1. The zero-order chi connectivity index (χ0) is 12.3. The average Bonchev–Trinajstić information content (AvgIpc) is 2.81.